The van der Waals surface area contributed by atoms with Crippen LogP contribution >= 0.6 is 0 Å². The van der Waals surface area contributed by atoms with Gasteiger partial charge in [0, 0.05) is 30.6 Å². The average Bonchev–Trinajstić information content (AvgIpc) is 2.80. The molecule has 1 unspecified atom stereocenters. The Kier molecular flexibility index (Phi) is 2.04. The van der Waals surface area contributed by atoms with Crippen LogP contribution in [0.15, 0.2) is 18.2 Å². The molecule has 1 aliphatic carbocycles. The summed E-state index contributed by atoms with van der Waals surface area (Å²) in [6.07, 6.45) is 2.00. The number of hydrogen-bond acceptors (Lipinski definition) is 1. The highest BCUT2D eigenvalue weighted by Gasteiger charge is 2.27. The molecule has 1 aromatic carbocycles. The Bertz CT molecular complexity index is 557. The van der Waals surface area contributed by atoms with Crippen LogP contribution in [-0.2, 0) is 19.9 Å². The molecule has 1 aromatic heterocycles. The molecule has 0 amide bonds. The average molecular weight is 218 g/mol. The number of nitrogens with zero attached hydrogens (tertiary/aromatic N) is 1. The van der Waals surface area contributed by atoms with Gasteiger partial charge in [-0.3, -0.25) is 0 Å². The van der Waals surface area contributed by atoms with Gasteiger partial charge in [0.25, 0.3) is 0 Å². The molecule has 2 aromatic rings. The third-order valence-electron chi connectivity index (χ3n) is 3.70. The summed E-state index contributed by atoms with van der Waals surface area (Å²) < 4.78 is 15.8. The van der Waals surface area contributed by atoms with Crippen molar-refractivity contribution in [2.24, 2.45) is 7.05 Å². The number of likely N-dealkylation sites (N-methyl/N-ethyl adjacent to an activating group) is 1. The molecule has 0 fully saturated rings. The molecular weight excluding hydrogens is 203 g/mol. The first-order valence-electron chi connectivity index (χ1n) is 5.64. The van der Waals surface area contributed by atoms with Crippen LogP contribution in [0.1, 0.15) is 11.3 Å². The van der Waals surface area contributed by atoms with E-state index in [1.54, 1.807) is 6.07 Å². The Morgan fingerprint density at radius 1 is 1.38 bits per heavy atom. The second-order valence-corrected chi connectivity index (χ2v) is 4.51. The van der Waals surface area contributed by atoms with E-state index in [0.717, 1.165) is 23.7 Å². The molecule has 0 radical (unpaired) electrons. The fourth-order valence-corrected chi connectivity index (χ4v) is 2.84. The predicted molar refractivity (Wildman–Crippen MR) is 63.1 cm³/mol. The van der Waals surface area contributed by atoms with Crippen LogP contribution < -0.4 is 5.32 Å². The van der Waals surface area contributed by atoms with Crippen molar-refractivity contribution in [3.05, 3.63) is 35.3 Å². The van der Waals surface area contributed by atoms with Gasteiger partial charge in [-0.05, 0) is 25.1 Å². The molecule has 2 nitrogen and oxygen atoms in total. The van der Waals surface area contributed by atoms with Crippen LogP contribution in [0.25, 0.3) is 10.9 Å². The Morgan fingerprint density at radius 3 is 2.94 bits per heavy atom. The minimum atomic E-state index is -0.115. The first kappa shape index (κ1) is 9.85. The van der Waals surface area contributed by atoms with E-state index in [9.17, 15) is 4.39 Å². The Hall–Kier alpha value is -1.35. The zero-order valence-corrected chi connectivity index (χ0v) is 9.55. The molecule has 16 heavy (non-hydrogen) atoms. The van der Waals surface area contributed by atoms with Crippen molar-refractivity contribution in [3.63, 3.8) is 0 Å². The number of fused-ring (bicyclic) bond motifs is 3. The molecule has 0 saturated heterocycles. The van der Waals surface area contributed by atoms with Crippen molar-refractivity contribution >= 4 is 10.9 Å². The molecule has 3 heteroatoms. The lowest BCUT2D eigenvalue weighted by Crippen LogP contribution is -2.25. The van der Waals surface area contributed by atoms with Gasteiger partial charge in [-0.15, -0.1) is 0 Å². The number of rotatable bonds is 1. The molecule has 0 saturated carbocycles. The van der Waals surface area contributed by atoms with Crippen molar-refractivity contribution in [3.8, 4) is 0 Å². The molecule has 1 atom stereocenters. The monoisotopic (exact) mass is 218 g/mol. The maximum atomic E-state index is 13.7. The molecule has 1 aliphatic rings. The smallest absolute Gasteiger partial charge is 0.147 e. The molecular formula is C13H15FN2. The van der Waals surface area contributed by atoms with Gasteiger partial charge in [-0.25, -0.2) is 4.39 Å². The van der Waals surface area contributed by atoms with Crippen LogP contribution in [0.5, 0.6) is 0 Å². The van der Waals surface area contributed by atoms with E-state index < -0.39 is 0 Å². The summed E-state index contributed by atoms with van der Waals surface area (Å²) in [6, 6.07) is 5.86. The number of nitrogens with one attached hydrogen (secondary N) is 1. The van der Waals surface area contributed by atoms with E-state index in [0.29, 0.717) is 6.04 Å². The second-order valence-electron chi connectivity index (χ2n) is 4.51. The van der Waals surface area contributed by atoms with E-state index in [1.807, 2.05) is 24.7 Å². The number of halogens is 1. The molecule has 84 valence electrons. The van der Waals surface area contributed by atoms with Crippen LogP contribution in [-0.4, -0.2) is 17.7 Å². The Balaban J connectivity index is 2.28. The van der Waals surface area contributed by atoms with E-state index >= 15 is 0 Å². The van der Waals surface area contributed by atoms with Crippen LogP contribution in [0.4, 0.5) is 4.39 Å². The topological polar surface area (TPSA) is 17.0 Å². The highest BCUT2D eigenvalue weighted by Crippen LogP contribution is 2.33. The van der Waals surface area contributed by atoms with Gasteiger partial charge >= 0.3 is 0 Å². The highest BCUT2D eigenvalue weighted by molar-refractivity contribution is 5.86. The van der Waals surface area contributed by atoms with E-state index in [2.05, 4.69) is 5.32 Å². The number of para-hydroxylation sites is 1. The summed E-state index contributed by atoms with van der Waals surface area (Å²) in [6.45, 7) is 0. The lowest BCUT2D eigenvalue weighted by Gasteiger charge is -2.08. The summed E-state index contributed by atoms with van der Waals surface area (Å²) in [5.74, 6) is -0.115. The largest absolute Gasteiger partial charge is 0.345 e. The standard InChI is InChI=1S/C13H15FN2/c1-15-8-6-10-9-4-3-5-11(14)13(9)16(2)12(10)7-8/h3-5,8,15H,6-7H2,1-2H3. The zero-order valence-electron chi connectivity index (χ0n) is 9.55. The van der Waals surface area contributed by atoms with Crippen molar-refractivity contribution in [2.75, 3.05) is 7.05 Å². The number of aromatic nitrogens is 1. The van der Waals surface area contributed by atoms with Gasteiger partial charge < -0.3 is 9.88 Å². The van der Waals surface area contributed by atoms with Gasteiger partial charge in [0.2, 0.25) is 0 Å². The second kappa shape index (κ2) is 3.32. The Morgan fingerprint density at radius 2 is 2.19 bits per heavy atom. The summed E-state index contributed by atoms with van der Waals surface area (Å²) in [4.78, 5) is 0. The molecule has 1 heterocycles. The van der Waals surface area contributed by atoms with E-state index in [-0.39, 0.29) is 5.82 Å². The number of hydrogen-bond donors (Lipinski definition) is 1. The predicted octanol–water partition coefficient (Wildman–Crippen LogP) is 2.00. The Labute approximate surface area is 94.1 Å². The summed E-state index contributed by atoms with van der Waals surface area (Å²) >= 11 is 0. The van der Waals surface area contributed by atoms with Gasteiger partial charge in [-0.2, -0.15) is 0 Å². The van der Waals surface area contributed by atoms with Crippen LogP contribution in [0.2, 0.25) is 0 Å². The van der Waals surface area contributed by atoms with Crippen molar-refractivity contribution < 1.29 is 4.39 Å². The first-order valence-corrected chi connectivity index (χ1v) is 5.64. The van der Waals surface area contributed by atoms with Crippen LogP contribution in [0.3, 0.4) is 0 Å². The van der Waals surface area contributed by atoms with Crippen molar-refractivity contribution in [1.82, 2.24) is 9.88 Å². The molecule has 1 N–H and O–H groups in total. The van der Waals surface area contributed by atoms with Gasteiger partial charge in [0.05, 0.1) is 5.52 Å². The molecule has 0 aliphatic heterocycles. The van der Waals surface area contributed by atoms with E-state index in [4.69, 9.17) is 0 Å². The number of aryl methyl sites for hydroxylation is 1. The lowest BCUT2D eigenvalue weighted by molar-refractivity contribution is 0.582. The fourth-order valence-electron chi connectivity index (χ4n) is 2.84. The lowest BCUT2D eigenvalue weighted by atomic mass is 10.1. The summed E-state index contributed by atoms with van der Waals surface area (Å²) in [5.41, 5.74) is 3.35. The van der Waals surface area contributed by atoms with Gasteiger partial charge in [0.15, 0.2) is 0 Å². The third-order valence-corrected chi connectivity index (χ3v) is 3.70. The van der Waals surface area contributed by atoms with Gasteiger partial charge in [0.1, 0.15) is 5.82 Å². The highest BCUT2D eigenvalue weighted by atomic mass is 19.1. The zero-order chi connectivity index (χ0) is 11.3. The third kappa shape index (κ3) is 1.15. The minimum Gasteiger partial charge on any atom is -0.345 e. The number of benzene rings is 1. The maximum Gasteiger partial charge on any atom is 0.147 e. The normalized spacial score (nSPS) is 19.3. The summed E-state index contributed by atoms with van der Waals surface area (Å²) in [5, 5.41) is 4.38. The molecule has 0 bridgehead atoms. The molecule has 3 rings (SSSR count). The minimum absolute atomic E-state index is 0.115. The van der Waals surface area contributed by atoms with Crippen molar-refractivity contribution in [2.45, 2.75) is 18.9 Å². The first-order chi connectivity index (χ1) is 7.72. The fraction of sp³-hybridized carbons (Fsp3) is 0.385. The SMILES string of the molecule is CNC1Cc2c(n(C)c3c(F)cccc23)C1. The maximum absolute atomic E-state index is 13.7. The quantitative estimate of drug-likeness (QED) is 0.774. The summed E-state index contributed by atoms with van der Waals surface area (Å²) in [7, 11) is 3.95. The molecule has 0 spiro atoms. The van der Waals surface area contributed by atoms with Crippen molar-refractivity contribution in [1.29, 1.82) is 0 Å². The van der Waals surface area contributed by atoms with E-state index in [1.165, 1.54) is 17.3 Å². The van der Waals surface area contributed by atoms with Crippen LogP contribution in [0, 0.1) is 5.82 Å². The van der Waals surface area contributed by atoms with Gasteiger partial charge in [-0.1, -0.05) is 12.1 Å².